The lowest BCUT2D eigenvalue weighted by Crippen LogP contribution is -2.19. The molecular formula is C21H20BrF3N4. The van der Waals surface area contributed by atoms with Crippen LogP contribution in [-0.4, -0.2) is 17.0 Å². The fourth-order valence-electron chi connectivity index (χ4n) is 2.76. The Labute approximate surface area is 175 Å². The Morgan fingerprint density at radius 3 is 2.17 bits per heavy atom. The Hall–Kier alpha value is -2.61. The Kier molecular flexibility index (Phi) is 6.12. The summed E-state index contributed by atoms with van der Waals surface area (Å²) in [4.78, 5) is 9.43. The monoisotopic (exact) mass is 464 g/mol. The molecule has 152 valence electrons. The van der Waals surface area contributed by atoms with Gasteiger partial charge in [0.15, 0.2) is 5.82 Å². The first-order chi connectivity index (χ1) is 13.6. The van der Waals surface area contributed by atoms with Crippen molar-refractivity contribution >= 4 is 39.1 Å². The molecule has 8 heteroatoms. The number of anilines is 4. The van der Waals surface area contributed by atoms with Gasteiger partial charge in [0, 0.05) is 29.1 Å². The zero-order valence-corrected chi connectivity index (χ0v) is 17.7. The maximum absolute atomic E-state index is 13.5. The van der Waals surface area contributed by atoms with Crippen LogP contribution in [0.1, 0.15) is 30.9 Å². The summed E-state index contributed by atoms with van der Waals surface area (Å²) in [5, 5.41) is 2.98. The van der Waals surface area contributed by atoms with Gasteiger partial charge in [0.25, 0.3) is 0 Å². The highest BCUT2D eigenvalue weighted by molar-refractivity contribution is 9.10. The first-order valence-corrected chi connectivity index (χ1v) is 9.75. The van der Waals surface area contributed by atoms with Gasteiger partial charge < -0.3 is 10.2 Å². The molecule has 0 unspecified atom stereocenters. The molecule has 3 rings (SSSR count). The molecule has 0 aliphatic rings. The summed E-state index contributed by atoms with van der Waals surface area (Å²) in [5.74, 6) is 0.253. The van der Waals surface area contributed by atoms with Gasteiger partial charge in [-0.15, -0.1) is 0 Å². The topological polar surface area (TPSA) is 41.1 Å². The predicted octanol–water partition coefficient (Wildman–Crippen LogP) is 6.89. The van der Waals surface area contributed by atoms with Crippen LogP contribution in [0.4, 0.5) is 36.3 Å². The number of rotatable bonds is 5. The van der Waals surface area contributed by atoms with E-state index in [1.54, 1.807) is 31.3 Å². The zero-order chi connectivity index (χ0) is 21.2. The molecule has 3 aromatic rings. The fraction of sp³-hybridized carbons (Fsp3) is 0.238. The van der Waals surface area contributed by atoms with Crippen molar-refractivity contribution in [3.8, 4) is 0 Å². The minimum Gasteiger partial charge on any atom is -0.329 e. The maximum atomic E-state index is 13.5. The maximum Gasteiger partial charge on any atom is 0.421 e. The summed E-state index contributed by atoms with van der Waals surface area (Å²) in [5.41, 5.74) is 1.54. The number of alkyl halides is 3. The molecule has 29 heavy (non-hydrogen) atoms. The minimum atomic E-state index is -4.57. The lowest BCUT2D eigenvalue weighted by Gasteiger charge is -2.23. The lowest BCUT2D eigenvalue weighted by molar-refractivity contribution is -0.137. The van der Waals surface area contributed by atoms with Gasteiger partial charge in [0.2, 0.25) is 5.95 Å². The summed E-state index contributed by atoms with van der Waals surface area (Å²) in [6.45, 7) is 4.18. The van der Waals surface area contributed by atoms with Crippen molar-refractivity contribution in [1.82, 2.24) is 9.97 Å². The van der Waals surface area contributed by atoms with Crippen LogP contribution in [0.2, 0.25) is 0 Å². The third kappa shape index (κ3) is 5.06. The number of hydrogen-bond acceptors (Lipinski definition) is 4. The van der Waals surface area contributed by atoms with Crippen LogP contribution in [0, 0.1) is 0 Å². The lowest BCUT2D eigenvalue weighted by atomic mass is 10.0. The van der Waals surface area contributed by atoms with E-state index in [9.17, 15) is 13.2 Å². The van der Waals surface area contributed by atoms with Gasteiger partial charge in [-0.05, 0) is 47.9 Å². The van der Waals surface area contributed by atoms with Crippen LogP contribution >= 0.6 is 15.9 Å². The second-order valence-electron chi connectivity index (χ2n) is 6.87. The normalized spacial score (nSPS) is 11.6. The van der Waals surface area contributed by atoms with Gasteiger partial charge in [-0.25, -0.2) is 4.98 Å². The second kappa shape index (κ2) is 8.41. The third-order valence-electron chi connectivity index (χ3n) is 4.44. The smallest absolute Gasteiger partial charge is 0.329 e. The van der Waals surface area contributed by atoms with E-state index in [4.69, 9.17) is 0 Å². The van der Waals surface area contributed by atoms with Crippen molar-refractivity contribution in [3.63, 3.8) is 0 Å². The molecule has 0 aliphatic heterocycles. The molecule has 0 spiro atoms. The number of aromatic nitrogens is 2. The molecule has 0 saturated carbocycles. The van der Waals surface area contributed by atoms with Crippen molar-refractivity contribution in [3.05, 3.63) is 70.3 Å². The molecular weight excluding hydrogens is 445 g/mol. The van der Waals surface area contributed by atoms with Crippen LogP contribution < -0.4 is 10.2 Å². The van der Waals surface area contributed by atoms with E-state index in [2.05, 4.69) is 45.1 Å². The van der Waals surface area contributed by atoms with Crippen molar-refractivity contribution < 1.29 is 13.2 Å². The van der Waals surface area contributed by atoms with Crippen molar-refractivity contribution in [1.29, 1.82) is 0 Å². The second-order valence-corrected chi connectivity index (χ2v) is 7.78. The fourth-order valence-corrected chi connectivity index (χ4v) is 3.02. The molecule has 1 aromatic heterocycles. The predicted molar refractivity (Wildman–Crippen MR) is 113 cm³/mol. The summed E-state index contributed by atoms with van der Waals surface area (Å²) in [7, 11) is 1.54. The van der Waals surface area contributed by atoms with E-state index in [0.717, 1.165) is 10.7 Å². The average molecular weight is 465 g/mol. The van der Waals surface area contributed by atoms with Gasteiger partial charge in [-0.2, -0.15) is 18.2 Å². The van der Waals surface area contributed by atoms with Crippen LogP contribution in [0.3, 0.4) is 0 Å². The number of nitrogens with one attached hydrogen (secondary N) is 1. The van der Waals surface area contributed by atoms with E-state index in [1.807, 2.05) is 24.3 Å². The molecule has 4 nitrogen and oxygen atoms in total. The van der Waals surface area contributed by atoms with Gasteiger partial charge in [-0.1, -0.05) is 41.9 Å². The first-order valence-electron chi connectivity index (χ1n) is 8.95. The molecule has 0 aliphatic carbocycles. The Morgan fingerprint density at radius 1 is 1.00 bits per heavy atom. The number of benzene rings is 2. The molecule has 0 amide bonds. The Balaban J connectivity index is 1.96. The van der Waals surface area contributed by atoms with Crippen molar-refractivity contribution in [2.24, 2.45) is 0 Å². The van der Waals surface area contributed by atoms with E-state index >= 15 is 0 Å². The summed E-state index contributed by atoms with van der Waals surface area (Å²) in [6.07, 6.45) is -3.76. The van der Waals surface area contributed by atoms with E-state index in [0.29, 0.717) is 17.3 Å². The van der Waals surface area contributed by atoms with E-state index in [1.165, 1.54) is 10.5 Å². The highest BCUT2D eigenvalue weighted by atomic mass is 79.9. The highest BCUT2D eigenvalue weighted by Gasteiger charge is 2.36. The van der Waals surface area contributed by atoms with Crippen molar-refractivity contribution in [2.75, 3.05) is 17.3 Å². The number of halogens is 4. The molecule has 0 radical (unpaired) electrons. The van der Waals surface area contributed by atoms with Gasteiger partial charge in [0.05, 0.1) is 0 Å². The van der Waals surface area contributed by atoms with Crippen LogP contribution in [0.15, 0.2) is 59.2 Å². The molecule has 2 aromatic carbocycles. The van der Waals surface area contributed by atoms with Crippen LogP contribution in [-0.2, 0) is 6.18 Å². The number of hydrogen-bond donors (Lipinski definition) is 1. The SMILES string of the molecule is CC(C)c1ccc(Nc2ncc(C(F)(F)F)c(N(C)c3ccc(Br)cc3)n2)cc1. The molecule has 1 N–H and O–H groups in total. The van der Waals surface area contributed by atoms with Crippen molar-refractivity contribution in [2.45, 2.75) is 25.9 Å². The van der Waals surface area contributed by atoms with Crippen LogP contribution in [0.25, 0.3) is 0 Å². The molecule has 0 saturated heterocycles. The third-order valence-corrected chi connectivity index (χ3v) is 4.97. The van der Waals surface area contributed by atoms with Gasteiger partial charge >= 0.3 is 6.18 Å². The molecule has 0 fully saturated rings. The molecule has 0 atom stereocenters. The quantitative estimate of drug-likeness (QED) is 0.446. The van der Waals surface area contributed by atoms with E-state index in [-0.39, 0.29) is 11.8 Å². The standard InChI is InChI=1S/C21H20BrF3N4/c1-13(2)14-4-8-16(9-5-14)27-20-26-12-18(21(23,24)25)19(28-20)29(3)17-10-6-15(22)7-11-17/h4-13H,1-3H3,(H,26,27,28). The highest BCUT2D eigenvalue weighted by Crippen LogP contribution is 2.37. The van der Waals surface area contributed by atoms with Crippen LogP contribution in [0.5, 0.6) is 0 Å². The Morgan fingerprint density at radius 2 is 1.62 bits per heavy atom. The largest absolute Gasteiger partial charge is 0.421 e. The van der Waals surface area contributed by atoms with Gasteiger partial charge in [0.1, 0.15) is 5.56 Å². The summed E-state index contributed by atoms with van der Waals surface area (Å²) >= 11 is 3.33. The number of nitrogens with zero attached hydrogens (tertiary/aromatic N) is 3. The summed E-state index contributed by atoms with van der Waals surface area (Å²) < 4.78 is 41.4. The van der Waals surface area contributed by atoms with E-state index < -0.39 is 11.7 Å². The molecule has 0 bridgehead atoms. The zero-order valence-electron chi connectivity index (χ0n) is 16.1. The average Bonchev–Trinajstić information content (AvgIpc) is 2.67. The first kappa shape index (κ1) is 21.1. The Bertz CT molecular complexity index is 971. The molecule has 1 heterocycles. The van der Waals surface area contributed by atoms with Gasteiger partial charge in [-0.3, -0.25) is 0 Å². The minimum absolute atomic E-state index is 0.0919. The summed E-state index contributed by atoms with van der Waals surface area (Å²) in [6, 6.07) is 14.6.